The van der Waals surface area contributed by atoms with Crippen LogP contribution in [-0.4, -0.2) is 14.6 Å². The molecule has 9 heteroatoms. The first kappa shape index (κ1) is 10.6. The third-order valence-corrected chi connectivity index (χ3v) is 4.85. The molecule has 0 bridgehead atoms. The Hall–Kier alpha value is 0.590. The molecule has 0 spiro atoms. The van der Waals surface area contributed by atoms with E-state index in [2.05, 4.69) is 11.6 Å². The van der Waals surface area contributed by atoms with Crippen LogP contribution in [0.2, 0.25) is 0 Å². The number of halogens is 1. The van der Waals surface area contributed by atoms with Gasteiger partial charge in [-0.2, -0.15) is 0 Å². The van der Waals surface area contributed by atoms with Crippen molar-refractivity contribution in [2.45, 2.75) is 4.86 Å². The highest BCUT2D eigenvalue weighted by Gasteiger charge is 2.26. The van der Waals surface area contributed by atoms with Crippen molar-refractivity contribution in [3.8, 4) is 0 Å². The fourth-order valence-corrected chi connectivity index (χ4v) is 1.66. The average molecular weight is 208 g/mol. The van der Waals surface area contributed by atoms with Crippen LogP contribution in [0.15, 0.2) is 0 Å². The number of hydrogen-bond donors (Lipinski definition) is 2. The zero-order chi connectivity index (χ0) is 8.58. The Bertz CT molecular complexity index is 178. The monoisotopic (exact) mass is 208 g/mol. The van der Waals surface area contributed by atoms with Gasteiger partial charge in [-0.25, -0.2) is 0 Å². The Morgan fingerprint density at radius 1 is 1.20 bits per heavy atom. The highest BCUT2D eigenvalue weighted by atomic mass is 35.5. The molecule has 0 aliphatic heterocycles. The summed E-state index contributed by atoms with van der Waals surface area (Å²) in [5.41, 5.74) is 0. The van der Waals surface area contributed by atoms with E-state index in [-0.39, 0.29) is 0 Å². The Morgan fingerprint density at radius 3 is 1.40 bits per heavy atom. The van der Waals surface area contributed by atoms with E-state index in [4.69, 9.17) is 9.79 Å². The fraction of sp³-hybridized carbons (Fsp3) is 1.00. The second-order valence-corrected chi connectivity index (χ2v) is 6.18. The standard InChI is InChI=1S/CH5ClO6P2/c2-1(9(3,4)5)10(6,7)8/h1H,(H2,3,4,5)(H2,6,7,8)/p-2. The first-order valence-corrected chi connectivity index (χ1v) is 5.59. The van der Waals surface area contributed by atoms with Gasteiger partial charge in [0.25, 0.3) is 0 Å². The fourth-order valence-electron chi connectivity index (χ4n) is 0.184. The van der Waals surface area contributed by atoms with Crippen LogP contribution in [0.5, 0.6) is 0 Å². The molecule has 0 heterocycles. The van der Waals surface area contributed by atoms with Gasteiger partial charge in [0.05, 0.1) is 0 Å². The molecular formula is CH3ClO6P2-2. The van der Waals surface area contributed by atoms with Crippen molar-refractivity contribution >= 4 is 26.8 Å². The zero-order valence-electron chi connectivity index (χ0n) is 4.38. The molecule has 2 atom stereocenters. The minimum Gasteiger partial charge on any atom is -0.777 e. The van der Waals surface area contributed by atoms with Crippen LogP contribution in [0.1, 0.15) is 0 Å². The van der Waals surface area contributed by atoms with Gasteiger partial charge in [-0.15, -0.1) is 11.6 Å². The summed E-state index contributed by atoms with van der Waals surface area (Å²) in [4.78, 5) is 33.1. The summed E-state index contributed by atoms with van der Waals surface area (Å²) in [7, 11) is -10.4. The quantitative estimate of drug-likeness (QED) is 0.425. The SMILES string of the molecule is O=P([O-])(O)C(Cl)P(=O)([O-])O. The number of rotatable bonds is 2. The minimum atomic E-state index is -5.19. The topological polar surface area (TPSA) is 121 Å². The van der Waals surface area contributed by atoms with Gasteiger partial charge in [-0.05, 0) is 0 Å². The van der Waals surface area contributed by atoms with Crippen LogP contribution in [0.25, 0.3) is 0 Å². The molecule has 0 aromatic heterocycles. The van der Waals surface area contributed by atoms with Crippen molar-refractivity contribution < 1.29 is 28.7 Å². The lowest BCUT2D eigenvalue weighted by molar-refractivity contribution is -0.203. The van der Waals surface area contributed by atoms with E-state index in [1.807, 2.05) is 0 Å². The van der Waals surface area contributed by atoms with E-state index < -0.39 is 20.1 Å². The summed E-state index contributed by atoms with van der Waals surface area (Å²) in [5.74, 6) is 0. The van der Waals surface area contributed by atoms with Crippen molar-refractivity contribution in [3.63, 3.8) is 0 Å². The van der Waals surface area contributed by atoms with Crippen molar-refractivity contribution in [1.29, 1.82) is 0 Å². The predicted molar refractivity (Wildman–Crippen MR) is 29.3 cm³/mol. The molecule has 0 radical (unpaired) electrons. The normalized spacial score (nSPS) is 26.5. The van der Waals surface area contributed by atoms with Gasteiger partial charge in [0.1, 0.15) is 0 Å². The molecule has 0 saturated heterocycles. The molecule has 0 aliphatic carbocycles. The van der Waals surface area contributed by atoms with Gasteiger partial charge in [0.15, 0.2) is 20.1 Å². The molecule has 0 aliphatic rings. The lowest BCUT2D eigenvalue weighted by Gasteiger charge is -2.28. The summed E-state index contributed by atoms with van der Waals surface area (Å²) in [6.07, 6.45) is 0. The van der Waals surface area contributed by atoms with Crippen LogP contribution in [0.4, 0.5) is 0 Å². The maximum absolute atomic E-state index is 9.90. The summed E-state index contributed by atoms with van der Waals surface area (Å²) < 4.78 is 19.8. The second-order valence-electron chi connectivity index (χ2n) is 1.44. The van der Waals surface area contributed by atoms with E-state index in [0.717, 1.165) is 0 Å². The smallest absolute Gasteiger partial charge is 0.161 e. The van der Waals surface area contributed by atoms with Gasteiger partial charge in [-0.3, -0.25) is 0 Å². The Kier molecular flexibility index (Phi) is 3.08. The molecule has 0 aromatic carbocycles. The van der Waals surface area contributed by atoms with Crippen LogP contribution >= 0.6 is 26.8 Å². The highest BCUT2D eigenvalue weighted by molar-refractivity contribution is 7.72. The molecule has 2 N–H and O–H groups in total. The summed E-state index contributed by atoms with van der Waals surface area (Å²) in [6.45, 7) is 0. The van der Waals surface area contributed by atoms with E-state index in [0.29, 0.717) is 0 Å². The van der Waals surface area contributed by atoms with Gasteiger partial charge in [0.2, 0.25) is 0 Å². The molecule has 0 saturated carbocycles. The van der Waals surface area contributed by atoms with E-state index in [1.54, 1.807) is 0 Å². The van der Waals surface area contributed by atoms with E-state index in [1.165, 1.54) is 0 Å². The lowest BCUT2D eigenvalue weighted by atomic mass is 11.9. The zero-order valence-corrected chi connectivity index (χ0v) is 6.92. The van der Waals surface area contributed by atoms with Crippen molar-refractivity contribution in [2.75, 3.05) is 0 Å². The van der Waals surface area contributed by atoms with E-state index in [9.17, 15) is 18.9 Å². The molecule has 0 fully saturated rings. The van der Waals surface area contributed by atoms with Gasteiger partial charge in [-0.1, -0.05) is 0 Å². The first-order chi connectivity index (χ1) is 4.15. The molecule has 0 rings (SSSR count). The maximum atomic E-state index is 9.90. The molecule has 0 aromatic rings. The Labute approximate surface area is 61.1 Å². The minimum absolute atomic E-state index is 2.65. The molecule has 2 unspecified atom stereocenters. The summed E-state index contributed by atoms with van der Waals surface area (Å²) in [6, 6.07) is 0. The van der Waals surface area contributed by atoms with Crippen molar-refractivity contribution in [1.82, 2.24) is 0 Å². The van der Waals surface area contributed by atoms with E-state index >= 15 is 0 Å². The van der Waals surface area contributed by atoms with Crippen LogP contribution in [0, 0.1) is 0 Å². The Balaban J connectivity index is 4.56. The average Bonchev–Trinajstić information content (AvgIpc) is 1.59. The van der Waals surface area contributed by atoms with Gasteiger partial charge in [0, 0.05) is 0 Å². The van der Waals surface area contributed by atoms with Gasteiger partial charge < -0.3 is 28.7 Å². The second kappa shape index (κ2) is 2.91. The van der Waals surface area contributed by atoms with Crippen LogP contribution in [0.3, 0.4) is 0 Å². The van der Waals surface area contributed by atoms with Crippen molar-refractivity contribution in [3.05, 3.63) is 0 Å². The molecular weight excluding hydrogens is 205 g/mol. The first-order valence-electron chi connectivity index (χ1n) is 1.86. The highest BCUT2D eigenvalue weighted by Crippen LogP contribution is 2.57. The largest absolute Gasteiger partial charge is 0.777 e. The molecule has 0 amide bonds. The summed E-state index contributed by atoms with van der Waals surface area (Å²) in [5, 5.41) is 0. The molecule has 6 nitrogen and oxygen atoms in total. The third kappa shape index (κ3) is 3.12. The predicted octanol–water partition coefficient (Wildman–Crippen LogP) is -1.40. The van der Waals surface area contributed by atoms with Crippen molar-refractivity contribution in [2.24, 2.45) is 0 Å². The Morgan fingerprint density at radius 2 is 1.40 bits per heavy atom. The van der Waals surface area contributed by atoms with Crippen LogP contribution in [-0.2, 0) is 9.13 Å². The lowest BCUT2D eigenvalue weighted by Crippen LogP contribution is -2.17. The molecule has 62 valence electrons. The number of hydrogen-bond acceptors (Lipinski definition) is 4. The number of alkyl halides is 1. The van der Waals surface area contributed by atoms with Gasteiger partial charge >= 0.3 is 0 Å². The third-order valence-electron chi connectivity index (χ3n) is 0.538. The van der Waals surface area contributed by atoms with Crippen LogP contribution < -0.4 is 9.79 Å². The molecule has 10 heavy (non-hydrogen) atoms. The summed E-state index contributed by atoms with van der Waals surface area (Å²) >= 11 is 4.58. The maximum Gasteiger partial charge on any atom is 0.161 e.